The number of hydrogen-bond acceptors (Lipinski definition) is 3. The van der Waals surface area contributed by atoms with Gasteiger partial charge in [-0.2, -0.15) is 0 Å². The number of carbonyl (C=O) groups is 1. The fourth-order valence-corrected chi connectivity index (χ4v) is 2.79. The molecular weight excluding hydrogens is 413 g/mol. The van der Waals surface area contributed by atoms with Crippen molar-refractivity contribution in [3.05, 3.63) is 82.0 Å². The van der Waals surface area contributed by atoms with Crippen LogP contribution in [0.1, 0.15) is 41.6 Å². The van der Waals surface area contributed by atoms with Crippen LogP contribution in [0, 0.1) is 5.82 Å². The Bertz CT molecular complexity index is 935. The molecule has 0 aliphatic carbocycles. The lowest BCUT2D eigenvalue weighted by Gasteiger charge is -2.08. The van der Waals surface area contributed by atoms with Gasteiger partial charge in [0, 0.05) is 4.47 Å². The van der Waals surface area contributed by atoms with Crippen LogP contribution in [0.25, 0.3) is 0 Å². The standard InChI is InChI=1S/C21H19BrFNO3/c1-13(2)14-3-6-16(7-4-14)26-12-17-8-10-20(27-17)21(25)24-19-9-5-15(22)11-18(19)23/h3-11,13H,12H2,1-2H3,(H,24,25). The molecule has 0 saturated heterocycles. The van der Waals surface area contributed by atoms with E-state index in [9.17, 15) is 9.18 Å². The summed E-state index contributed by atoms with van der Waals surface area (Å²) in [4.78, 5) is 12.2. The largest absolute Gasteiger partial charge is 0.486 e. The second kappa shape index (κ2) is 8.39. The monoisotopic (exact) mass is 431 g/mol. The Morgan fingerprint density at radius 3 is 2.56 bits per heavy atom. The van der Waals surface area contributed by atoms with Crippen molar-refractivity contribution in [2.45, 2.75) is 26.4 Å². The zero-order valence-electron chi connectivity index (χ0n) is 15.0. The summed E-state index contributed by atoms with van der Waals surface area (Å²) in [6, 6.07) is 15.4. The van der Waals surface area contributed by atoms with Crippen LogP contribution in [0.15, 0.2) is 63.5 Å². The summed E-state index contributed by atoms with van der Waals surface area (Å²) >= 11 is 3.17. The maximum atomic E-state index is 13.8. The zero-order chi connectivity index (χ0) is 19.4. The van der Waals surface area contributed by atoms with Crippen LogP contribution >= 0.6 is 15.9 Å². The number of ether oxygens (including phenoxy) is 1. The molecule has 6 heteroatoms. The van der Waals surface area contributed by atoms with Crippen molar-refractivity contribution in [2.24, 2.45) is 0 Å². The molecule has 0 bridgehead atoms. The molecule has 0 fully saturated rings. The van der Waals surface area contributed by atoms with Crippen molar-refractivity contribution in [1.82, 2.24) is 0 Å². The van der Waals surface area contributed by atoms with Crippen molar-refractivity contribution in [3.8, 4) is 5.75 Å². The van der Waals surface area contributed by atoms with Crippen LogP contribution in [0.4, 0.5) is 10.1 Å². The molecule has 4 nitrogen and oxygen atoms in total. The second-order valence-corrected chi connectivity index (χ2v) is 7.27. The van der Waals surface area contributed by atoms with Crippen LogP contribution in [-0.4, -0.2) is 5.91 Å². The number of hydrogen-bond donors (Lipinski definition) is 1. The highest BCUT2D eigenvalue weighted by Gasteiger charge is 2.14. The second-order valence-electron chi connectivity index (χ2n) is 6.36. The Labute approximate surface area is 165 Å². The van der Waals surface area contributed by atoms with E-state index in [1.807, 2.05) is 24.3 Å². The maximum Gasteiger partial charge on any atom is 0.291 e. The molecule has 2 aromatic carbocycles. The summed E-state index contributed by atoms with van der Waals surface area (Å²) in [5, 5.41) is 2.49. The maximum absolute atomic E-state index is 13.8. The molecule has 140 valence electrons. The minimum absolute atomic E-state index is 0.0858. The minimum atomic E-state index is -0.530. The summed E-state index contributed by atoms with van der Waals surface area (Å²) in [5.74, 6) is 0.719. The highest BCUT2D eigenvalue weighted by molar-refractivity contribution is 9.10. The van der Waals surface area contributed by atoms with E-state index in [-0.39, 0.29) is 18.1 Å². The SMILES string of the molecule is CC(C)c1ccc(OCc2ccc(C(=O)Nc3ccc(Br)cc3F)o2)cc1. The molecule has 0 unspecified atom stereocenters. The molecule has 1 aromatic heterocycles. The van der Waals surface area contributed by atoms with Gasteiger partial charge in [-0.3, -0.25) is 4.79 Å². The van der Waals surface area contributed by atoms with E-state index >= 15 is 0 Å². The molecule has 0 aliphatic rings. The first kappa shape index (κ1) is 19.2. The Balaban J connectivity index is 1.59. The fourth-order valence-electron chi connectivity index (χ4n) is 2.46. The van der Waals surface area contributed by atoms with Gasteiger partial charge >= 0.3 is 0 Å². The van der Waals surface area contributed by atoms with E-state index in [0.717, 1.165) is 5.75 Å². The van der Waals surface area contributed by atoms with Gasteiger partial charge in [0.05, 0.1) is 5.69 Å². The van der Waals surface area contributed by atoms with Gasteiger partial charge in [-0.25, -0.2) is 4.39 Å². The van der Waals surface area contributed by atoms with Crippen molar-refractivity contribution >= 4 is 27.5 Å². The third-order valence-corrected chi connectivity index (χ3v) is 4.49. The molecule has 27 heavy (non-hydrogen) atoms. The summed E-state index contributed by atoms with van der Waals surface area (Å²) < 4.78 is 25.6. The molecule has 0 spiro atoms. The van der Waals surface area contributed by atoms with E-state index in [2.05, 4.69) is 35.1 Å². The lowest BCUT2D eigenvalue weighted by Crippen LogP contribution is -2.12. The lowest BCUT2D eigenvalue weighted by molar-refractivity contribution is 0.0992. The zero-order valence-corrected chi connectivity index (χ0v) is 16.5. The van der Waals surface area contributed by atoms with Gasteiger partial charge in [0.15, 0.2) is 5.76 Å². The third kappa shape index (κ3) is 4.98. The van der Waals surface area contributed by atoms with Crippen LogP contribution < -0.4 is 10.1 Å². The summed E-state index contributed by atoms with van der Waals surface area (Å²) in [5.41, 5.74) is 1.32. The number of anilines is 1. The normalized spacial score (nSPS) is 10.9. The average molecular weight is 432 g/mol. The van der Waals surface area contributed by atoms with Crippen LogP contribution in [0.5, 0.6) is 5.75 Å². The molecule has 0 atom stereocenters. The number of furan rings is 1. The number of benzene rings is 2. The molecule has 3 rings (SSSR count). The molecule has 0 aliphatic heterocycles. The Kier molecular flexibility index (Phi) is 5.96. The molecule has 0 radical (unpaired) electrons. The number of rotatable bonds is 6. The Morgan fingerprint density at radius 1 is 1.15 bits per heavy atom. The Hall–Kier alpha value is -2.60. The van der Waals surface area contributed by atoms with Gasteiger partial charge in [0.25, 0.3) is 5.91 Å². The molecule has 3 aromatic rings. The molecule has 0 saturated carbocycles. The van der Waals surface area contributed by atoms with Gasteiger partial charge in [0.1, 0.15) is 23.9 Å². The lowest BCUT2D eigenvalue weighted by atomic mass is 10.0. The van der Waals surface area contributed by atoms with E-state index in [0.29, 0.717) is 16.2 Å². The first-order valence-electron chi connectivity index (χ1n) is 8.50. The van der Waals surface area contributed by atoms with E-state index < -0.39 is 11.7 Å². The molecular formula is C21H19BrFNO3. The van der Waals surface area contributed by atoms with Gasteiger partial charge in [-0.05, 0) is 53.9 Å². The Morgan fingerprint density at radius 2 is 1.89 bits per heavy atom. The molecule has 1 heterocycles. The van der Waals surface area contributed by atoms with E-state index in [4.69, 9.17) is 9.15 Å². The molecule has 1 amide bonds. The van der Waals surface area contributed by atoms with Gasteiger partial charge in [-0.1, -0.05) is 41.9 Å². The van der Waals surface area contributed by atoms with Crippen LogP contribution in [-0.2, 0) is 6.61 Å². The van der Waals surface area contributed by atoms with Crippen molar-refractivity contribution < 1.29 is 18.3 Å². The van der Waals surface area contributed by atoms with Gasteiger partial charge in [-0.15, -0.1) is 0 Å². The summed E-state index contributed by atoms with van der Waals surface area (Å²) in [6.45, 7) is 4.46. The minimum Gasteiger partial charge on any atom is -0.486 e. The summed E-state index contributed by atoms with van der Waals surface area (Å²) in [6.07, 6.45) is 0. The highest BCUT2D eigenvalue weighted by Crippen LogP contribution is 2.22. The first-order chi connectivity index (χ1) is 12.9. The molecule has 1 N–H and O–H groups in total. The topological polar surface area (TPSA) is 51.5 Å². The smallest absolute Gasteiger partial charge is 0.291 e. The van der Waals surface area contributed by atoms with Crippen molar-refractivity contribution in [2.75, 3.05) is 5.32 Å². The third-order valence-electron chi connectivity index (χ3n) is 3.99. The van der Waals surface area contributed by atoms with Gasteiger partial charge in [0.2, 0.25) is 0 Å². The average Bonchev–Trinajstić information content (AvgIpc) is 3.12. The number of carbonyl (C=O) groups excluding carboxylic acids is 1. The number of halogens is 2. The van der Waals surface area contributed by atoms with Crippen LogP contribution in [0.2, 0.25) is 0 Å². The van der Waals surface area contributed by atoms with Crippen LogP contribution in [0.3, 0.4) is 0 Å². The van der Waals surface area contributed by atoms with E-state index in [1.165, 1.54) is 23.8 Å². The predicted octanol–water partition coefficient (Wildman–Crippen LogP) is 6.14. The van der Waals surface area contributed by atoms with Crippen molar-refractivity contribution in [3.63, 3.8) is 0 Å². The fraction of sp³-hybridized carbons (Fsp3) is 0.190. The number of nitrogens with one attached hydrogen (secondary N) is 1. The van der Waals surface area contributed by atoms with Crippen molar-refractivity contribution in [1.29, 1.82) is 0 Å². The van der Waals surface area contributed by atoms with E-state index in [1.54, 1.807) is 12.1 Å². The van der Waals surface area contributed by atoms with Gasteiger partial charge < -0.3 is 14.5 Å². The summed E-state index contributed by atoms with van der Waals surface area (Å²) in [7, 11) is 0. The predicted molar refractivity (Wildman–Crippen MR) is 106 cm³/mol. The highest BCUT2D eigenvalue weighted by atomic mass is 79.9. The first-order valence-corrected chi connectivity index (χ1v) is 9.29. The number of amides is 1. The quantitative estimate of drug-likeness (QED) is 0.510.